The predicted molar refractivity (Wildman–Crippen MR) is 66.8 cm³/mol. The second-order valence-corrected chi connectivity index (χ2v) is 4.78. The van der Waals surface area contributed by atoms with Crippen LogP contribution in [0.5, 0.6) is 0 Å². The second kappa shape index (κ2) is 4.77. The first-order valence-corrected chi connectivity index (χ1v) is 5.72. The van der Waals surface area contributed by atoms with Crippen LogP contribution in [-0.4, -0.2) is 46.5 Å². The van der Waals surface area contributed by atoms with Crippen LogP contribution in [0.15, 0.2) is 17.4 Å². The maximum absolute atomic E-state index is 8.79. The number of oxime groups is 1. The van der Waals surface area contributed by atoms with Gasteiger partial charge in [-0.15, -0.1) is 5.10 Å². The zero-order valence-corrected chi connectivity index (χ0v) is 10.5. The largest absolute Gasteiger partial charge is 0.409 e. The first kappa shape index (κ1) is 12.6. The fraction of sp³-hybridized carbons (Fsp3) is 0.545. The number of rotatable bonds is 2. The summed E-state index contributed by atoms with van der Waals surface area (Å²) in [6.45, 7) is 6.02. The van der Waals surface area contributed by atoms with Crippen LogP contribution < -0.4 is 10.6 Å². The van der Waals surface area contributed by atoms with E-state index in [4.69, 9.17) is 15.7 Å². The van der Waals surface area contributed by atoms with Gasteiger partial charge in [-0.2, -0.15) is 5.10 Å². The molecule has 1 aliphatic rings. The third-order valence-electron chi connectivity index (χ3n) is 2.81. The van der Waals surface area contributed by atoms with Crippen LogP contribution in [-0.2, 0) is 4.74 Å². The van der Waals surface area contributed by atoms with E-state index in [0.29, 0.717) is 31.1 Å². The average molecular weight is 251 g/mol. The third kappa shape index (κ3) is 2.51. The van der Waals surface area contributed by atoms with Crippen LogP contribution in [0.25, 0.3) is 0 Å². The van der Waals surface area contributed by atoms with Gasteiger partial charge in [0.05, 0.1) is 24.0 Å². The van der Waals surface area contributed by atoms with Gasteiger partial charge >= 0.3 is 0 Å². The Morgan fingerprint density at radius 3 is 3.06 bits per heavy atom. The minimum Gasteiger partial charge on any atom is -0.409 e. The molecule has 0 bridgehead atoms. The van der Waals surface area contributed by atoms with Gasteiger partial charge in [-0.25, -0.2) is 0 Å². The third-order valence-corrected chi connectivity index (χ3v) is 2.81. The van der Waals surface area contributed by atoms with Crippen molar-refractivity contribution in [3.05, 3.63) is 17.8 Å². The molecule has 0 aliphatic carbocycles. The molecular formula is C11H17N5O2. The van der Waals surface area contributed by atoms with Crippen molar-refractivity contribution >= 4 is 11.7 Å². The summed E-state index contributed by atoms with van der Waals surface area (Å²) in [7, 11) is 0. The molecule has 1 saturated heterocycles. The summed E-state index contributed by atoms with van der Waals surface area (Å²) in [6, 6.07) is 1.68. The van der Waals surface area contributed by atoms with Gasteiger partial charge in [0.15, 0.2) is 11.7 Å². The first-order valence-electron chi connectivity index (χ1n) is 5.72. The lowest BCUT2D eigenvalue weighted by Crippen LogP contribution is -2.49. The standard InChI is InChI=1S/C11H17N5O2/c1-11(2)7-16(5-6-18-11)10-8(9(12)15-17)3-4-13-14-10/h3-4,17H,5-7H2,1-2H3,(H2,12,15). The number of nitrogens with two attached hydrogens (primary N) is 1. The summed E-state index contributed by atoms with van der Waals surface area (Å²) in [5.41, 5.74) is 5.97. The van der Waals surface area contributed by atoms with Crippen molar-refractivity contribution in [3.8, 4) is 0 Å². The molecule has 0 radical (unpaired) electrons. The van der Waals surface area contributed by atoms with Crippen molar-refractivity contribution in [2.75, 3.05) is 24.6 Å². The van der Waals surface area contributed by atoms with E-state index in [1.807, 2.05) is 18.7 Å². The van der Waals surface area contributed by atoms with Crippen LogP contribution in [0.1, 0.15) is 19.4 Å². The van der Waals surface area contributed by atoms with Crippen LogP contribution in [0.4, 0.5) is 5.82 Å². The fourth-order valence-electron chi connectivity index (χ4n) is 2.01. The van der Waals surface area contributed by atoms with E-state index in [1.165, 1.54) is 6.20 Å². The number of hydrogen-bond donors (Lipinski definition) is 2. The normalized spacial score (nSPS) is 19.9. The fourth-order valence-corrected chi connectivity index (χ4v) is 2.01. The lowest BCUT2D eigenvalue weighted by Gasteiger charge is -2.39. The van der Waals surface area contributed by atoms with Crippen LogP contribution in [0, 0.1) is 0 Å². The summed E-state index contributed by atoms with van der Waals surface area (Å²) in [5.74, 6) is 0.647. The summed E-state index contributed by atoms with van der Waals surface area (Å²) >= 11 is 0. The number of ether oxygens (including phenoxy) is 1. The first-order chi connectivity index (χ1) is 8.53. The van der Waals surface area contributed by atoms with E-state index in [1.54, 1.807) is 6.07 Å². The van der Waals surface area contributed by atoms with Crippen molar-refractivity contribution in [1.29, 1.82) is 0 Å². The topological polar surface area (TPSA) is 96.9 Å². The highest BCUT2D eigenvalue weighted by molar-refractivity contribution is 6.01. The molecule has 2 heterocycles. The van der Waals surface area contributed by atoms with E-state index in [9.17, 15) is 0 Å². The summed E-state index contributed by atoms with van der Waals surface area (Å²) < 4.78 is 5.64. The number of aromatic nitrogens is 2. The smallest absolute Gasteiger partial charge is 0.173 e. The number of amidine groups is 1. The quantitative estimate of drug-likeness (QED) is 0.337. The van der Waals surface area contributed by atoms with Gasteiger partial charge in [0.25, 0.3) is 0 Å². The molecule has 1 fully saturated rings. The Bertz CT molecular complexity index is 461. The Morgan fingerprint density at radius 1 is 1.61 bits per heavy atom. The van der Waals surface area contributed by atoms with E-state index >= 15 is 0 Å². The SMILES string of the molecule is CC1(C)CN(c2nnccc2/C(N)=N/O)CCO1. The number of anilines is 1. The monoisotopic (exact) mass is 251 g/mol. The Morgan fingerprint density at radius 2 is 2.39 bits per heavy atom. The van der Waals surface area contributed by atoms with Crippen molar-refractivity contribution in [2.45, 2.75) is 19.4 Å². The van der Waals surface area contributed by atoms with Gasteiger partial charge in [-0.3, -0.25) is 0 Å². The molecule has 3 N–H and O–H groups in total. The molecule has 18 heavy (non-hydrogen) atoms. The lowest BCUT2D eigenvalue weighted by molar-refractivity contribution is -0.0279. The molecular weight excluding hydrogens is 234 g/mol. The van der Waals surface area contributed by atoms with Gasteiger partial charge in [-0.1, -0.05) is 5.16 Å². The minimum absolute atomic E-state index is 0.0317. The molecule has 1 aliphatic heterocycles. The van der Waals surface area contributed by atoms with Gasteiger partial charge in [-0.05, 0) is 19.9 Å². The summed E-state index contributed by atoms with van der Waals surface area (Å²) in [6.07, 6.45) is 1.52. The molecule has 2 rings (SSSR count). The predicted octanol–water partition coefficient (Wildman–Crippen LogP) is 0.186. The molecule has 0 saturated carbocycles. The number of morpholine rings is 1. The molecule has 0 unspecified atom stereocenters. The van der Waals surface area contributed by atoms with E-state index < -0.39 is 0 Å². The molecule has 0 aromatic carbocycles. The highest BCUT2D eigenvalue weighted by Crippen LogP contribution is 2.23. The van der Waals surface area contributed by atoms with Gasteiger partial charge in [0.2, 0.25) is 0 Å². The Balaban J connectivity index is 2.33. The van der Waals surface area contributed by atoms with Gasteiger partial charge in [0.1, 0.15) is 0 Å². The van der Waals surface area contributed by atoms with Crippen LogP contribution in [0.2, 0.25) is 0 Å². The van der Waals surface area contributed by atoms with E-state index in [-0.39, 0.29) is 11.4 Å². The molecule has 1 aromatic heterocycles. The lowest BCUT2D eigenvalue weighted by atomic mass is 10.1. The highest BCUT2D eigenvalue weighted by Gasteiger charge is 2.29. The second-order valence-electron chi connectivity index (χ2n) is 4.78. The Hall–Kier alpha value is -1.89. The molecule has 0 amide bonds. The zero-order valence-electron chi connectivity index (χ0n) is 10.5. The van der Waals surface area contributed by atoms with E-state index in [0.717, 1.165) is 0 Å². The van der Waals surface area contributed by atoms with Crippen molar-refractivity contribution in [2.24, 2.45) is 10.9 Å². The maximum atomic E-state index is 8.79. The summed E-state index contributed by atoms with van der Waals surface area (Å²) in [5, 5.41) is 19.8. The molecule has 0 spiro atoms. The molecule has 7 nitrogen and oxygen atoms in total. The number of hydrogen-bond acceptors (Lipinski definition) is 6. The van der Waals surface area contributed by atoms with Crippen molar-refractivity contribution in [3.63, 3.8) is 0 Å². The maximum Gasteiger partial charge on any atom is 0.173 e. The Kier molecular flexibility index (Phi) is 3.33. The van der Waals surface area contributed by atoms with Gasteiger partial charge < -0.3 is 20.6 Å². The molecule has 7 heteroatoms. The molecule has 98 valence electrons. The molecule has 0 atom stereocenters. The van der Waals surface area contributed by atoms with Gasteiger partial charge in [0, 0.05) is 13.1 Å². The Labute approximate surface area is 105 Å². The van der Waals surface area contributed by atoms with Crippen LogP contribution >= 0.6 is 0 Å². The van der Waals surface area contributed by atoms with Crippen LogP contribution in [0.3, 0.4) is 0 Å². The molecule has 1 aromatic rings. The minimum atomic E-state index is -0.252. The zero-order chi connectivity index (χ0) is 13.2. The van der Waals surface area contributed by atoms with Crippen molar-refractivity contribution in [1.82, 2.24) is 10.2 Å². The van der Waals surface area contributed by atoms with E-state index in [2.05, 4.69) is 15.4 Å². The van der Waals surface area contributed by atoms with Crippen molar-refractivity contribution < 1.29 is 9.94 Å². The summed E-state index contributed by atoms with van der Waals surface area (Å²) in [4.78, 5) is 2.03. The highest BCUT2D eigenvalue weighted by atomic mass is 16.5. The number of nitrogens with zero attached hydrogens (tertiary/aromatic N) is 4. The average Bonchev–Trinajstić information content (AvgIpc) is 2.36.